The molecule has 3 saturated heterocycles. The van der Waals surface area contributed by atoms with Crippen LogP contribution in [-0.4, -0.2) is 64.0 Å². The van der Waals surface area contributed by atoms with E-state index in [1.165, 1.54) is 0 Å². The fraction of sp³-hybridized carbons (Fsp3) is 0.609. The molecule has 3 fully saturated rings. The molecule has 3 heterocycles. The van der Waals surface area contributed by atoms with Gasteiger partial charge in [-0.15, -0.1) is 11.8 Å². The van der Waals surface area contributed by atoms with Gasteiger partial charge < -0.3 is 20.6 Å². The SMILES string of the molecule is CNC(=O)[C@@H]1[C@@H]2CCC3(S2)C(C(=O)NCc2ccccc2)N(CCCCCO)C(=O)[C@H]13. The van der Waals surface area contributed by atoms with E-state index in [0.29, 0.717) is 19.5 Å². The van der Waals surface area contributed by atoms with Crippen molar-refractivity contribution in [1.82, 2.24) is 15.5 Å². The minimum absolute atomic E-state index is 0.0628. The van der Waals surface area contributed by atoms with Gasteiger partial charge in [0.2, 0.25) is 17.7 Å². The van der Waals surface area contributed by atoms with Crippen LogP contribution in [0.5, 0.6) is 0 Å². The second-order valence-corrected chi connectivity index (χ2v) is 10.3. The molecule has 31 heavy (non-hydrogen) atoms. The first-order chi connectivity index (χ1) is 15.0. The Morgan fingerprint density at radius 1 is 1.19 bits per heavy atom. The van der Waals surface area contributed by atoms with Crippen LogP contribution in [0.3, 0.4) is 0 Å². The molecule has 3 aliphatic heterocycles. The number of hydrogen-bond donors (Lipinski definition) is 3. The van der Waals surface area contributed by atoms with Crippen LogP contribution in [0, 0.1) is 11.8 Å². The van der Waals surface area contributed by atoms with Crippen molar-refractivity contribution in [2.45, 2.75) is 54.7 Å². The first-order valence-corrected chi connectivity index (χ1v) is 12.0. The van der Waals surface area contributed by atoms with E-state index in [2.05, 4.69) is 10.6 Å². The van der Waals surface area contributed by atoms with E-state index < -0.39 is 16.7 Å². The summed E-state index contributed by atoms with van der Waals surface area (Å²) >= 11 is 1.69. The Morgan fingerprint density at radius 3 is 2.68 bits per heavy atom. The van der Waals surface area contributed by atoms with E-state index in [9.17, 15) is 14.4 Å². The van der Waals surface area contributed by atoms with Gasteiger partial charge in [-0.25, -0.2) is 0 Å². The van der Waals surface area contributed by atoms with Gasteiger partial charge in [-0.3, -0.25) is 14.4 Å². The van der Waals surface area contributed by atoms with Crippen molar-refractivity contribution in [3.63, 3.8) is 0 Å². The van der Waals surface area contributed by atoms with Crippen LogP contribution in [-0.2, 0) is 20.9 Å². The van der Waals surface area contributed by atoms with E-state index >= 15 is 0 Å². The summed E-state index contributed by atoms with van der Waals surface area (Å²) in [4.78, 5) is 41.4. The molecule has 0 aliphatic carbocycles. The number of likely N-dealkylation sites (tertiary alicyclic amines) is 1. The highest BCUT2D eigenvalue weighted by molar-refractivity contribution is 8.02. The normalized spacial score (nSPS) is 31.0. The predicted octanol–water partition coefficient (Wildman–Crippen LogP) is 1.30. The zero-order chi connectivity index (χ0) is 22.0. The number of hydrogen-bond acceptors (Lipinski definition) is 5. The van der Waals surface area contributed by atoms with Gasteiger partial charge in [0.15, 0.2) is 0 Å². The Kier molecular flexibility index (Phi) is 6.57. The molecule has 5 atom stereocenters. The Balaban J connectivity index is 1.58. The summed E-state index contributed by atoms with van der Waals surface area (Å²) in [6.45, 7) is 1.01. The van der Waals surface area contributed by atoms with E-state index in [1.54, 1.807) is 23.7 Å². The Labute approximate surface area is 187 Å². The molecule has 2 unspecified atom stereocenters. The summed E-state index contributed by atoms with van der Waals surface area (Å²) in [6, 6.07) is 9.17. The Morgan fingerprint density at radius 2 is 1.97 bits per heavy atom. The number of unbranched alkanes of at least 4 members (excludes halogenated alkanes) is 2. The third-order valence-corrected chi connectivity index (χ3v) is 8.92. The molecule has 7 nitrogen and oxygen atoms in total. The molecule has 1 spiro atoms. The number of nitrogens with zero attached hydrogens (tertiary/aromatic N) is 1. The lowest BCUT2D eigenvalue weighted by Gasteiger charge is -2.34. The quantitative estimate of drug-likeness (QED) is 0.498. The highest BCUT2D eigenvalue weighted by Crippen LogP contribution is 2.66. The molecule has 4 rings (SSSR count). The largest absolute Gasteiger partial charge is 0.396 e. The second kappa shape index (κ2) is 9.20. The molecule has 2 bridgehead atoms. The zero-order valence-corrected chi connectivity index (χ0v) is 18.7. The van der Waals surface area contributed by atoms with Crippen LogP contribution in [0.4, 0.5) is 0 Å². The van der Waals surface area contributed by atoms with Gasteiger partial charge >= 0.3 is 0 Å². The molecule has 0 saturated carbocycles. The lowest BCUT2D eigenvalue weighted by molar-refractivity contribution is -0.140. The Bertz CT molecular complexity index is 835. The van der Waals surface area contributed by atoms with Crippen LogP contribution in [0.1, 0.15) is 37.7 Å². The maximum absolute atomic E-state index is 13.6. The Hall–Kier alpha value is -2.06. The number of rotatable bonds is 9. The number of nitrogens with one attached hydrogen (secondary N) is 2. The van der Waals surface area contributed by atoms with Crippen molar-refractivity contribution in [2.75, 3.05) is 20.2 Å². The third-order valence-electron chi connectivity index (χ3n) is 6.96. The highest BCUT2D eigenvalue weighted by Gasteiger charge is 2.73. The number of fused-ring (bicyclic) bond motifs is 1. The number of carbonyl (C=O) groups is 3. The van der Waals surface area contributed by atoms with Gasteiger partial charge in [-0.05, 0) is 37.7 Å². The number of benzene rings is 1. The monoisotopic (exact) mass is 445 g/mol. The molecule has 0 aromatic heterocycles. The van der Waals surface area contributed by atoms with Crippen LogP contribution < -0.4 is 10.6 Å². The molecule has 168 valence electrons. The minimum Gasteiger partial charge on any atom is -0.396 e. The summed E-state index contributed by atoms with van der Waals surface area (Å²) in [6.07, 6.45) is 3.84. The van der Waals surface area contributed by atoms with Crippen LogP contribution in [0.15, 0.2) is 30.3 Å². The first-order valence-electron chi connectivity index (χ1n) is 11.2. The number of thioether (sulfide) groups is 1. The molecule has 1 aromatic carbocycles. The average Bonchev–Trinajstić information content (AvgIpc) is 3.43. The molecular weight excluding hydrogens is 414 g/mol. The third kappa shape index (κ3) is 3.84. The van der Waals surface area contributed by atoms with E-state index in [0.717, 1.165) is 31.2 Å². The summed E-state index contributed by atoms with van der Waals surface area (Å²) < 4.78 is -0.531. The predicted molar refractivity (Wildman–Crippen MR) is 119 cm³/mol. The maximum Gasteiger partial charge on any atom is 0.244 e. The average molecular weight is 446 g/mol. The minimum atomic E-state index is -0.563. The van der Waals surface area contributed by atoms with Gasteiger partial charge in [0, 0.05) is 32.0 Å². The number of amides is 3. The van der Waals surface area contributed by atoms with Gasteiger partial charge in [0.1, 0.15) is 6.04 Å². The summed E-state index contributed by atoms with van der Waals surface area (Å²) in [7, 11) is 1.61. The van der Waals surface area contributed by atoms with E-state index in [-0.39, 0.29) is 35.5 Å². The van der Waals surface area contributed by atoms with Crippen LogP contribution in [0.25, 0.3) is 0 Å². The molecule has 1 aromatic rings. The standard InChI is InChI=1S/C23H31N3O4S/c1-24-20(28)17-16-10-11-23(31-16)18(17)22(30)26(12-6-3-7-13-27)19(23)21(29)25-14-15-8-4-2-5-9-15/h2,4-5,8-9,16-19,27H,3,6-7,10-14H2,1H3,(H,24,28)(H,25,29)/t16-,17+,18-,19?,23?/m0/s1. The van der Waals surface area contributed by atoms with Gasteiger partial charge in [0.05, 0.1) is 16.6 Å². The first kappa shape index (κ1) is 22.1. The van der Waals surface area contributed by atoms with Gasteiger partial charge in [-0.2, -0.15) is 0 Å². The summed E-state index contributed by atoms with van der Waals surface area (Å²) in [5.41, 5.74) is 1.01. The number of aliphatic hydroxyl groups excluding tert-OH is 1. The lowest BCUT2D eigenvalue weighted by atomic mass is 9.71. The lowest BCUT2D eigenvalue weighted by Crippen LogP contribution is -2.53. The molecule has 0 radical (unpaired) electrons. The van der Waals surface area contributed by atoms with Crippen molar-refractivity contribution in [2.24, 2.45) is 11.8 Å². The van der Waals surface area contributed by atoms with Crippen molar-refractivity contribution in [3.05, 3.63) is 35.9 Å². The van der Waals surface area contributed by atoms with E-state index in [1.807, 2.05) is 30.3 Å². The van der Waals surface area contributed by atoms with Crippen molar-refractivity contribution >= 4 is 29.5 Å². The fourth-order valence-electron chi connectivity index (χ4n) is 5.61. The molecule has 3 aliphatic rings. The van der Waals surface area contributed by atoms with Crippen molar-refractivity contribution in [1.29, 1.82) is 0 Å². The fourth-order valence-corrected chi connectivity index (χ4v) is 7.83. The maximum atomic E-state index is 13.6. The zero-order valence-electron chi connectivity index (χ0n) is 17.9. The topological polar surface area (TPSA) is 98.7 Å². The molecule has 3 N–H and O–H groups in total. The van der Waals surface area contributed by atoms with Crippen molar-refractivity contribution in [3.8, 4) is 0 Å². The van der Waals surface area contributed by atoms with E-state index in [4.69, 9.17) is 5.11 Å². The molecule has 3 amide bonds. The summed E-state index contributed by atoms with van der Waals surface area (Å²) in [5.74, 6) is -1.10. The second-order valence-electron chi connectivity index (χ2n) is 8.69. The number of carbonyl (C=O) groups excluding carboxylic acids is 3. The van der Waals surface area contributed by atoms with Gasteiger partial charge in [-0.1, -0.05) is 30.3 Å². The van der Waals surface area contributed by atoms with Gasteiger partial charge in [0.25, 0.3) is 0 Å². The van der Waals surface area contributed by atoms with Crippen LogP contribution >= 0.6 is 11.8 Å². The smallest absolute Gasteiger partial charge is 0.244 e. The molecular formula is C23H31N3O4S. The van der Waals surface area contributed by atoms with Crippen molar-refractivity contribution < 1.29 is 19.5 Å². The highest BCUT2D eigenvalue weighted by atomic mass is 32.2. The molecule has 8 heteroatoms. The summed E-state index contributed by atoms with van der Waals surface area (Å²) in [5, 5.41) is 15.0. The number of aliphatic hydroxyl groups is 1. The van der Waals surface area contributed by atoms with Crippen LogP contribution in [0.2, 0.25) is 0 Å².